The molecule has 6 nitrogen and oxygen atoms in total. The van der Waals surface area contributed by atoms with Gasteiger partial charge < -0.3 is 15.2 Å². The summed E-state index contributed by atoms with van der Waals surface area (Å²) in [6.07, 6.45) is 0. The van der Waals surface area contributed by atoms with Gasteiger partial charge in [0.2, 0.25) is 0 Å². The average Bonchev–Trinajstić information content (AvgIpc) is 3.26. The molecule has 186 valence electrons. The van der Waals surface area contributed by atoms with E-state index in [1.54, 1.807) is 18.2 Å². The van der Waals surface area contributed by atoms with Gasteiger partial charge >= 0.3 is 0 Å². The van der Waals surface area contributed by atoms with Crippen molar-refractivity contribution in [2.75, 3.05) is 30.4 Å². The summed E-state index contributed by atoms with van der Waals surface area (Å²) in [6, 6.07) is 17.9. The highest BCUT2D eigenvalue weighted by atomic mass is 35.5. The Morgan fingerprint density at radius 3 is 2.50 bits per heavy atom. The van der Waals surface area contributed by atoms with Gasteiger partial charge in [0.05, 0.1) is 16.1 Å². The van der Waals surface area contributed by atoms with Crippen molar-refractivity contribution in [3.05, 3.63) is 75.8 Å². The second kappa shape index (κ2) is 9.77. The number of aryl methyl sites for hydroxylation is 1. The number of benzene rings is 3. The number of aromatic amines is 1. The van der Waals surface area contributed by atoms with Crippen LogP contribution in [0, 0.1) is 6.92 Å². The minimum atomic E-state index is -0.163. The van der Waals surface area contributed by atoms with E-state index in [0.717, 1.165) is 35.4 Å². The number of carbonyl (C=O) groups excluding carboxylic acids is 1. The van der Waals surface area contributed by atoms with E-state index in [2.05, 4.69) is 52.0 Å². The molecule has 2 atom stereocenters. The Bertz CT molecular complexity index is 1440. The fraction of sp³-hybridized carbons (Fsp3) is 0.286. The molecule has 0 saturated carbocycles. The first kappa shape index (κ1) is 24.6. The highest BCUT2D eigenvalue weighted by molar-refractivity contribution is 6.33. The van der Waals surface area contributed by atoms with Crippen LogP contribution in [0.25, 0.3) is 22.4 Å². The van der Waals surface area contributed by atoms with E-state index in [1.165, 1.54) is 0 Å². The fourth-order valence-corrected chi connectivity index (χ4v) is 5.19. The van der Waals surface area contributed by atoms with E-state index < -0.39 is 0 Å². The van der Waals surface area contributed by atoms with E-state index in [-0.39, 0.29) is 5.91 Å². The first-order valence-corrected chi connectivity index (χ1v) is 12.8. The standard InChI is InChI=1S/C28H29Cl2N5O/c1-16-11-21(35-14-17(2)34(4)18(3)15-35)7-8-22(16)28(36)31-20-6-9-24(30)23(13-20)27-32-25-10-5-19(29)12-26(25)33-27/h5-13,17-18H,14-15H2,1-4H3,(H,31,36)(H,32,33)/t17-,18+. The van der Waals surface area contributed by atoms with Crippen LogP contribution in [-0.4, -0.2) is 53.0 Å². The normalized spacial score (nSPS) is 18.6. The van der Waals surface area contributed by atoms with Crippen molar-refractivity contribution < 1.29 is 4.79 Å². The van der Waals surface area contributed by atoms with Gasteiger partial charge in [0.25, 0.3) is 5.91 Å². The molecule has 1 aromatic heterocycles. The molecule has 0 bridgehead atoms. The fourth-order valence-electron chi connectivity index (χ4n) is 4.81. The van der Waals surface area contributed by atoms with Crippen molar-refractivity contribution in [3.8, 4) is 11.4 Å². The molecule has 1 aliphatic rings. The summed E-state index contributed by atoms with van der Waals surface area (Å²) in [5.41, 5.74) is 5.68. The molecule has 36 heavy (non-hydrogen) atoms. The summed E-state index contributed by atoms with van der Waals surface area (Å²) in [5.74, 6) is 0.452. The zero-order chi connectivity index (χ0) is 25.6. The maximum absolute atomic E-state index is 13.2. The molecule has 0 radical (unpaired) electrons. The lowest BCUT2D eigenvalue weighted by atomic mass is 10.0. The van der Waals surface area contributed by atoms with E-state index >= 15 is 0 Å². The number of likely N-dealkylation sites (N-methyl/N-ethyl adjacent to an activating group) is 1. The first-order valence-electron chi connectivity index (χ1n) is 12.0. The number of halogens is 2. The molecule has 4 aromatic rings. The van der Waals surface area contributed by atoms with Crippen LogP contribution in [-0.2, 0) is 0 Å². The SMILES string of the molecule is Cc1cc(N2C[C@@H](C)N(C)[C@@H](C)C2)ccc1C(=O)Nc1ccc(Cl)c(-c2nc3ccc(Cl)cc3[nH]2)c1. The van der Waals surface area contributed by atoms with Gasteiger partial charge in [-0.05, 0) is 88.0 Å². The van der Waals surface area contributed by atoms with Crippen molar-refractivity contribution in [2.45, 2.75) is 32.9 Å². The van der Waals surface area contributed by atoms with Gasteiger partial charge in [-0.25, -0.2) is 4.98 Å². The molecular weight excluding hydrogens is 493 g/mol. The molecule has 5 rings (SSSR count). The van der Waals surface area contributed by atoms with Crippen LogP contribution in [0.1, 0.15) is 29.8 Å². The Kier molecular flexibility index (Phi) is 6.68. The number of imidazole rings is 1. The number of aromatic nitrogens is 2. The summed E-state index contributed by atoms with van der Waals surface area (Å²) < 4.78 is 0. The molecule has 0 aliphatic carbocycles. The van der Waals surface area contributed by atoms with Crippen molar-refractivity contribution in [1.29, 1.82) is 0 Å². The summed E-state index contributed by atoms with van der Waals surface area (Å²) >= 11 is 12.6. The molecule has 0 unspecified atom stereocenters. The van der Waals surface area contributed by atoms with Crippen molar-refractivity contribution >= 4 is 51.5 Å². The lowest BCUT2D eigenvalue weighted by molar-refractivity contribution is 0.102. The van der Waals surface area contributed by atoms with Crippen LogP contribution in [0.4, 0.5) is 11.4 Å². The van der Waals surface area contributed by atoms with Crippen LogP contribution in [0.5, 0.6) is 0 Å². The molecule has 0 spiro atoms. The lowest BCUT2D eigenvalue weighted by Crippen LogP contribution is -2.55. The first-order chi connectivity index (χ1) is 17.2. The van der Waals surface area contributed by atoms with Crippen LogP contribution >= 0.6 is 23.2 Å². The second-order valence-electron chi connectivity index (χ2n) is 9.66. The number of nitrogens with one attached hydrogen (secondary N) is 2. The number of carbonyl (C=O) groups is 1. The van der Waals surface area contributed by atoms with Crippen molar-refractivity contribution in [1.82, 2.24) is 14.9 Å². The number of piperazine rings is 1. The summed E-state index contributed by atoms with van der Waals surface area (Å²) in [7, 11) is 2.18. The third kappa shape index (κ3) is 4.81. The molecule has 2 N–H and O–H groups in total. The quantitative estimate of drug-likeness (QED) is 0.316. The smallest absolute Gasteiger partial charge is 0.255 e. The van der Waals surface area contributed by atoms with Crippen LogP contribution in [0.15, 0.2) is 54.6 Å². The Morgan fingerprint density at radius 2 is 1.78 bits per heavy atom. The average molecular weight is 522 g/mol. The zero-order valence-corrected chi connectivity index (χ0v) is 22.3. The Labute approximate surface area is 221 Å². The molecule has 2 heterocycles. The van der Waals surface area contributed by atoms with E-state index in [9.17, 15) is 4.79 Å². The van der Waals surface area contributed by atoms with Gasteiger partial charge in [-0.15, -0.1) is 0 Å². The van der Waals surface area contributed by atoms with Crippen LogP contribution in [0.3, 0.4) is 0 Å². The van der Waals surface area contributed by atoms with Crippen molar-refractivity contribution in [3.63, 3.8) is 0 Å². The predicted molar refractivity (Wildman–Crippen MR) is 150 cm³/mol. The lowest BCUT2D eigenvalue weighted by Gasteiger charge is -2.43. The number of hydrogen-bond donors (Lipinski definition) is 2. The molecule has 1 saturated heterocycles. The molecule has 3 aromatic carbocycles. The summed E-state index contributed by atoms with van der Waals surface area (Å²) in [6.45, 7) is 8.41. The summed E-state index contributed by atoms with van der Waals surface area (Å²) in [5, 5.41) is 4.18. The van der Waals surface area contributed by atoms with Crippen molar-refractivity contribution in [2.24, 2.45) is 0 Å². The van der Waals surface area contributed by atoms with Gasteiger partial charge in [-0.2, -0.15) is 0 Å². The molecule has 1 amide bonds. The van der Waals surface area contributed by atoms with Gasteiger partial charge in [0.15, 0.2) is 0 Å². The molecular formula is C28H29Cl2N5O. The highest BCUT2D eigenvalue weighted by Crippen LogP contribution is 2.31. The van der Waals surface area contributed by atoms with E-state index in [0.29, 0.717) is 44.8 Å². The topological polar surface area (TPSA) is 64.3 Å². The van der Waals surface area contributed by atoms with Gasteiger partial charge in [0.1, 0.15) is 5.82 Å². The number of fused-ring (bicyclic) bond motifs is 1. The largest absolute Gasteiger partial charge is 0.368 e. The number of amides is 1. The Balaban J connectivity index is 1.36. The van der Waals surface area contributed by atoms with E-state index in [1.807, 2.05) is 37.3 Å². The molecule has 1 fully saturated rings. The Hall–Kier alpha value is -3.06. The monoisotopic (exact) mass is 521 g/mol. The summed E-state index contributed by atoms with van der Waals surface area (Å²) in [4.78, 5) is 25.9. The van der Waals surface area contributed by atoms with Crippen LogP contribution < -0.4 is 10.2 Å². The molecule has 8 heteroatoms. The molecule has 1 aliphatic heterocycles. The number of H-pyrrole nitrogens is 1. The third-order valence-electron chi connectivity index (χ3n) is 7.10. The number of rotatable bonds is 4. The number of nitrogens with zero attached hydrogens (tertiary/aromatic N) is 3. The van der Waals surface area contributed by atoms with Crippen LogP contribution in [0.2, 0.25) is 10.0 Å². The minimum absolute atomic E-state index is 0.163. The zero-order valence-electron chi connectivity index (χ0n) is 20.8. The maximum Gasteiger partial charge on any atom is 0.255 e. The minimum Gasteiger partial charge on any atom is -0.368 e. The number of anilines is 2. The van der Waals surface area contributed by atoms with Gasteiger partial charge in [0, 0.05) is 52.7 Å². The highest BCUT2D eigenvalue weighted by Gasteiger charge is 2.27. The third-order valence-corrected chi connectivity index (χ3v) is 7.67. The van der Waals surface area contributed by atoms with Gasteiger partial charge in [-0.1, -0.05) is 23.2 Å². The maximum atomic E-state index is 13.2. The van der Waals surface area contributed by atoms with Gasteiger partial charge in [-0.3, -0.25) is 9.69 Å². The number of hydrogen-bond acceptors (Lipinski definition) is 4. The Morgan fingerprint density at radius 1 is 1.03 bits per heavy atom. The second-order valence-corrected chi connectivity index (χ2v) is 10.5. The van der Waals surface area contributed by atoms with E-state index in [4.69, 9.17) is 23.2 Å². The predicted octanol–water partition coefficient (Wildman–Crippen LogP) is 6.63.